The van der Waals surface area contributed by atoms with Crippen LogP contribution in [-0.4, -0.2) is 11.2 Å². The van der Waals surface area contributed by atoms with Crippen molar-refractivity contribution in [3.8, 4) is 28.7 Å². The third kappa shape index (κ3) is 3.57. The predicted octanol–water partition coefficient (Wildman–Crippen LogP) is 5.95. The number of nitro benzene ring substituents is 1. The number of thiophene rings is 1. The summed E-state index contributed by atoms with van der Waals surface area (Å²) in [5, 5.41) is 23.8. The Bertz CT molecular complexity index is 1300. The van der Waals surface area contributed by atoms with Gasteiger partial charge in [0.2, 0.25) is 0 Å². The zero-order valence-electron chi connectivity index (χ0n) is 14.9. The maximum atomic E-state index is 11.4. The summed E-state index contributed by atoms with van der Waals surface area (Å²) in [6.07, 6.45) is 0.728. The number of carbonyl (C=O) groups is 1. The predicted molar refractivity (Wildman–Crippen MR) is 111 cm³/mol. The van der Waals surface area contributed by atoms with Crippen molar-refractivity contribution in [2.24, 2.45) is 0 Å². The Labute approximate surface area is 169 Å². The summed E-state index contributed by atoms with van der Waals surface area (Å²) in [4.78, 5) is 22.6. The van der Waals surface area contributed by atoms with Gasteiger partial charge in [0.25, 0.3) is 5.69 Å². The van der Waals surface area contributed by atoms with Crippen molar-refractivity contribution in [1.29, 1.82) is 5.26 Å². The molecule has 0 radical (unpaired) electrons. The topological polar surface area (TPSA) is 93.2 Å². The minimum atomic E-state index is -0.483. The quantitative estimate of drug-likeness (QED) is 0.234. The highest BCUT2D eigenvalue weighted by molar-refractivity contribution is 7.12. The lowest BCUT2D eigenvalue weighted by Crippen LogP contribution is -1.93. The normalized spacial score (nSPS) is 10.4. The molecule has 4 rings (SSSR count). The zero-order valence-corrected chi connectivity index (χ0v) is 15.7. The summed E-state index contributed by atoms with van der Waals surface area (Å²) in [5.41, 5.74) is 1.55. The minimum absolute atomic E-state index is 0.0852. The molecule has 0 aliphatic carbocycles. The van der Waals surface area contributed by atoms with E-state index < -0.39 is 4.92 Å². The number of nitro groups is 1. The first-order chi connectivity index (χ1) is 14.1. The van der Waals surface area contributed by atoms with Gasteiger partial charge in [-0.05, 0) is 52.6 Å². The number of hydrogen-bond donors (Lipinski definition) is 0. The van der Waals surface area contributed by atoms with Gasteiger partial charge in [-0.2, -0.15) is 5.26 Å². The van der Waals surface area contributed by atoms with Crippen molar-refractivity contribution < 1.29 is 14.5 Å². The summed E-state index contributed by atoms with van der Waals surface area (Å²) in [6.45, 7) is 0. The molecule has 0 bridgehead atoms. The van der Waals surface area contributed by atoms with E-state index in [0.29, 0.717) is 33.1 Å². The number of non-ortho nitro benzene ring substituents is 1. The van der Waals surface area contributed by atoms with Gasteiger partial charge in [0.1, 0.15) is 11.5 Å². The molecule has 0 amide bonds. The molecule has 6 nitrogen and oxygen atoms in total. The molecule has 0 unspecified atom stereocenters. The van der Waals surface area contributed by atoms with Crippen LogP contribution in [-0.2, 0) is 0 Å². The third-order valence-corrected chi connectivity index (χ3v) is 5.28. The Hall–Kier alpha value is -4.02. The number of aldehydes is 1. The first-order valence-electron chi connectivity index (χ1n) is 8.52. The van der Waals surface area contributed by atoms with Gasteiger partial charge in [-0.1, -0.05) is 12.1 Å². The van der Waals surface area contributed by atoms with E-state index in [1.54, 1.807) is 29.6 Å². The molecule has 29 heavy (non-hydrogen) atoms. The first kappa shape index (κ1) is 18.3. The number of nitriles is 1. The highest BCUT2D eigenvalue weighted by Gasteiger charge is 2.17. The van der Waals surface area contributed by atoms with Crippen LogP contribution in [0.3, 0.4) is 0 Å². The number of ether oxygens (including phenoxy) is 1. The Morgan fingerprint density at radius 1 is 1.00 bits per heavy atom. The number of benzene rings is 3. The molecule has 140 valence electrons. The van der Waals surface area contributed by atoms with E-state index in [-0.39, 0.29) is 5.69 Å². The average Bonchev–Trinajstić information content (AvgIpc) is 3.22. The van der Waals surface area contributed by atoms with Crippen molar-refractivity contribution in [2.45, 2.75) is 0 Å². The largest absolute Gasteiger partial charge is 0.457 e. The van der Waals surface area contributed by atoms with Crippen molar-refractivity contribution >= 4 is 34.1 Å². The van der Waals surface area contributed by atoms with Crippen LogP contribution in [0.2, 0.25) is 0 Å². The number of hydrogen-bond acceptors (Lipinski definition) is 6. The molecule has 0 aliphatic rings. The zero-order chi connectivity index (χ0) is 20.4. The van der Waals surface area contributed by atoms with Gasteiger partial charge in [0.15, 0.2) is 6.29 Å². The molecule has 0 saturated heterocycles. The molecule has 0 atom stereocenters. The van der Waals surface area contributed by atoms with Gasteiger partial charge in [-0.15, -0.1) is 11.3 Å². The number of fused-ring (bicyclic) bond motifs is 1. The molecule has 0 N–H and O–H groups in total. The van der Waals surface area contributed by atoms with Crippen LogP contribution in [0.1, 0.15) is 15.2 Å². The molecule has 4 aromatic rings. The molecular weight excluding hydrogens is 388 g/mol. The van der Waals surface area contributed by atoms with Crippen LogP contribution < -0.4 is 4.74 Å². The smallest absolute Gasteiger partial charge is 0.270 e. The van der Waals surface area contributed by atoms with Gasteiger partial charge < -0.3 is 4.74 Å². The molecular formula is C22H12N2O4S. The maximum Gasteiger partial charge on any atom is 0.270 e. The van der Waals surface area contributed by atoms with Gasteiger partial charge in [0, 0.05) is 23.3 Å². The van der Waals surface area contributed by atoms with Crippen LogP contribution in [0, 0.1) is 21.4 Å². The fraction of sp³-hybridized carbons (Fsp3) is 0. The molecule has 0 saturated carbocycles. The standard InChI is InChI=1S/C22H12N2O4S/c23-12-14-1-2-16-10-18(5-3-15(16)9-14)28-21-6-4-17(24(26)27)11-20(21)19-7-8-29-22(19)13-25/h1-11,13H. The Kier molecular flexibility index (Phi) is 4.77. The number of nitrogens with zero attached hydrogens (tertiary/aromatic N) is 2. The summed E-state index contributed by atoms with van der Waals surface area (Å²) in [6, 6.07) is 18.9. The van der Waals surface area contributed by atoms with Crippen LogP contribution in [0.25, 0.3) is 21.9 Å². The van der Waals surface area contributed by atoms with E-state index in [0.717, 1.165) is 17.1 Å². The maximum absolute atomic E-state index is 11.4. The van der Waals surface area contributed by atoms with Crippen molar-refractivity contribution in [2.75, 3.05) is 0 Å². The van der Waals surface area contributed by atoms with Gasteiger partial charge in [0.05, 0.1) is 21.4 Å². The summed E-state index contributed by atoms with van der Waals surface area (Å²) >= 11 is 1.26. The highest BCUT2D eigenvalue weighted by Crippen LogP contribution is 2.39. The van der Waals surface area contributed by atoms with E-state index in [9.17, 15) is 14.9 Å². The number of carbonyl (C=O) groups excluding carboxylic acids is 1. The van der Waals surface area contributed by atoms with E-state index in [1.165, 1.54) is 29.5 Å². The van der Waals surface area contributed by atoms with Crippen molar-refractivity contribution in [3.63, 3.8) is 0 Å². The minimum Gasteiger partial charge on any atom is -0.457 e. The fourth-order valence-corrected chi connectivity index (χ4v) is 3.76. The van der Waals surface area contributed by atoms with E-state index >= 15 is 0 Å². The lowest BCUT2D eigenvalue weighted by molar-refractivity contribution is -0.384. The highest BCUT2D eigenvalue weighted by atomic mass is 32.1. The molecule has 0 aliphatic heterocycles. The Morgan fingerprint density at radius 3 is 2.55 bits per heavy atom. The third-order valence-electron chi connectivity index (χ3n) is 4.43. The van der Waals surface area contributed by atoms with Crippen molar-refractivity contribution in [3.05, 3.63) is 86.6 Å². The first-order valence-corrected chi connectivity index (χ1v) is 9.40. The van der Waals surface area contributed by atoms with E-state index in [1.807, 2.05) is 18.2 Å². The second-order valence-corrected chi connectivity index (χ2v) is 7.14. The SMILES string of the molecule is N#Cc1ccc2cc(Oc3ccc([N+](=O)[O-])cc3-c3ccsc3C=O)ccc2c1. The lowest BCUT2D eigenvalue weighted by atomic mass is 10.0. The van der Waals surface area contributed by atoms with Crippen molar-refractivity contribution in [1.82, 2.24) is 0 Å². The average molecular weight is 400 g/mol. The molecule has 0 fully saturated rings. The molecule has 1 heterocycles. The summed E-state index contributed by atoms with van der Waals surface area (Å²) < 4.78 is 6.03. The Balaban J connectivity index is 1.79. The van der Waals surface area contributed by atoms with E-state index in [2.05, 4.69) is 6.07 Å². The van der Waals surface area contributed by atoms with Crippen LogP contribution >= 0.6 is 11.3 Å². The monoisotopic (exact) mass is 400 g/mol. The van der Waals surface area contributed by atoms with Gasteiger partial charge in [-0.3, -0.25) is 14.9 Å². The Morgan fingerprint density at radius 2 is 1.79 bits per heavy atom. The van der Waals surface area contributed by atoms with E-state index in [4.69, 9.17) is 10.00 Å². The van der Waals surface area contributed by atoms with Crippen LogP contribution in [0.5, 0.6) is 11.5 Å². The molecule has 1 aromatic heterocycles. The molecule has 0 spiro atoms. The fourth-order valence-electron chi connectivity index (χ4n) is 3.05. The van der Waals surface area contributed by atoms with Crippen LogP contribution in [0.4, 0.5) is 5.69 Å². The number of rotatable bonds is 5. The molecule has 7 heteroatoms. The van der Waals surface area contributed by atoms with Crippen LogP contribution in [0.15, 0.2) is 66.0 Å². The molecule has 3 aromatic carbocycles. The second-order valence-electron chi connectivity index (χ2n) is 6.19. The van der Waals surface area contributed by atoms with Gasteiger partial charge >= 0.3 is 0 Å². The summed E-state index contributed by atoms with van der Waals surface area (Å²) in [5.74, 6) is 0.949. The second kappa shape index (κ2) is 7.54. The summed E-state index contributed by atoms with van der Waals surface area (Å²) in [7, 11) is 0. The van der Waals surface area contributed by atoms with Gasteiger partial charge in [-0.25, -0.2) is 0 Å². The lowest BCUT2D eigenvalue weighted by Gasteiger charge is -2.12.